The van der Waals surface area contributed by atoms with Crippen molar-refractivity contribution in [2.45, 2.75) is 32.4 Å². The molecule has 1 atom stereocenters. The molecule has 1 aromatic heterocycles. The van der Waals surface area contributed by atoms with Crippen LogP contribution < -0.4 is 4.80 Å². The Kier molecular flexibility index (Phi) is 4.42. The summed E-state index contributed by atoms with van der Waals surface area (Å²) in [6.45, 7) is 3.68. The van der Waals surface area contributed by atoms with Crippen LogP contribution in [-0.4, -0.2) is 17.3 Å². The highest BCUT2D eigenvalue weighted by atomic mass is 35.5. The van der Waals surface area contributed by atoms with E-state index in [2.05, 4.69) is 14.9 Å². The summed E-state index contributed by atoms with van der Waals surface area (Å²) in [6, 6.07) is 4.60. The van der Waals surface area contributed by atoms with Gasteiger partial charge in [-0.15, -0.1) is 11.3 Å². The van der Waals surface area contributed by atoms with Crippen molar-refractivity contribution < 1.29 is 9.13 Å². The lowest BCUT2D eigenvalue weighted by Gasteiger charge is -2.12. The van der Waals surface area contributed by atoms with E-state index in [1.54, 1.807) is 17.4 Å². The minimum atomic E-state index is -0.447. The minimum absolute atomic E-state index is 0.114. The predicted octanol–water partition coefficient (Wildman–Crippen LogP) is 4.06. The van der Waals surface area contributed by atoms with Gasteiger partial charge in [0.15, 0.2) is 4.80 Å². The number of hydrogen-bond acceptors (Lipinski definition) is 3. The van der Waals surface area contributed by atoms with Crippen LogP contribution in [0.1, 0.15) is 18.5 Å². The Bertz CT molecular complexity index is 704. The van der Waals surface area contributed by atoms with E-state index in [0.717, 1.165) is 36.5 Å². The van der Waals surface area contributed by atoms with E-state index in [4.69, 9.17) is 16.3 Å². The van der Waals surface area contributed by atoms with Gasteiger partial charge in [-0.2, -0.15) is 0 Å². The molecule has 0 spiro atoms. The maximum absolute atomic E-state index is 13.5. The zero-order chi connectivity index (χ0) is 14.8. The highest BCUT2D eigenvalue weighted by molar-refractivity contribution is 7.07. The van der Waals surface area contributed by atoms with Crippen LogP contribution in [0.25, 0.3) is 0 Å². The Morgan fingerprint density at radius 1 is 1.52 bits per heavy atom. The molecular formula is C15H16ClFN2OS. The number of hydrogen-bond donors (Lipinski definition) is 0. The lowest BCUT2D eigenvalue weighted by molar-refractivity contribution is 0.0959. The van der Waals surface area contributed by atoms with Gasteiger partial charge in [-0.1, -0.05) is 11.6 Å². The predicted molar refractivity (Wildman–Crippen MR) is 82.7 cm³/mol. The van der Waals surface area contributed by atoms with Crippen LogP contribution in [0.15, 0.2) is 28.6 Å². The molecule has 6 heteroatoms. The first-order valence-electron chi connectivity index (χ1n) is 6.90. The van der Waals surface area contributed by atoms with E-state index in [1.165, 1.54) is 12.1 Å². The monoisotopic (exact) mass is 326 g/mol. The molecule has 112 valence electrons. The molecule has 1 unspecified atom stereocenters. The Morgan fingerprint density at radius 3 is 3.10 bits per heavy atom. The maximum atomic E-state index is 13.5. The molecule has 1 aromatic carbocycles. The Labute approximate surface area is 131 Å². The van der Waals surface area contributed by atoms with Crippen molar-refractivity contribution in [1.29, 1.82) is 0 Å². The fourth-order valence-electron chi connectivity index (χ4n) is 2.38. The van der Waals surface area contributed by atoms with Crippen molar-refractivity contribution in [3.05, 3.63) is 44.9 Å². The van der Waals surface area contributed by atoms with Gasteiger partial charge in [0.1, 0.15) is 5.82 Å². The van der Waals surface area contributed by atoms with Gasteiger partial charge >= 0.3 is 0 Å². The number of aromatic nitrogens is 1. The number of halogens is 2. The average Bonchev–Trinajstić information content (AvgIpc) is 3.08. The van der Waals surface area contributed by atoms with Gasteiger partial charge in [0.25, 0.3) is 0 Å². The Morgan fingerprint density at radius 2 is 2.38 bits per heavy atom. The lowest BCUT2D eigenvalue weighted by atomic mass is 10.2. The number of ether oxygens (including phenoxy) is 1. The highest BCUT2D eigenvalue weighted by Gasteiger charge is 2.17. The van der Waals surface area contributed by atoms with Crippen LogP contribution in [0.2, 0.25) is 5.02 Å². The van der Waals surface area contributed by atoms with E-state index in [0.29, 0.717) is 5.69 Å². The fraction of sp³-hybridized carbons (Fsp3) is 0.400. The van der Waals surface area contributed by atoms with Crippen LogP contribution in [0, 0.1) is 12.7 Å². The van der Waals surface area contributed by atoms with Crippen molar-refractivity contribution in [2.75, 3.05) is 6.61 Å². The molecule has 21 heavy (non-hydrogen) atoms. The topological polar surface area (TPSA) is 26.5 Å². The van der Waals surface area contributed by atoms with Crippen molar-refractivity contribution >= 4 is 28.6 Å². The second-order valence-electron chi connectivity index (χ2n) is 5.12. The van der Waals surface area contributed by atoms with Crippen molar-refractivity contribution in [3.63, 3.8) is 0 Å². The Balaban J connectivity index is 1.93. The van der Waals surface area contributed by atoms with Gasteiger partial charge in [0.05, 0.1) is 23.4 Å². The average molecular weight is 327 g/mol. The summed E-state index contributed by atoms with van der Waals surface area (Å²) in [7, 11) is 0. The lowest BCUT2D eigenvalue weighted by Crippen LogP contribution is -2.24. The third kappa shape index (κ3) is 3.36. The van der Waals surface area contributed by atoms with E-state index in [9.17, 15) is 4.39 Å². The first-order chi connectivity index (χ1) is 10.1. The van der Waals surface area contributed by atoms with Crippen LogP contribution >= 0.6 is 22.9 Å². The summed E-state index contributed by atoms with van der Waals surface area (Å²) >= 11 is 7.25. The van der Waals surface area contributed by atoms with Gasteiger partial charge in [0, 0.05) is 23.7 Å². The third-order valence-corrected chi connectivity index (χ3v) is 4.82. The van der Waals surface area contributed by atoms with Crippen molar-refractivity contribution in [1.82, 2.24) is 4.57 Å². The fourth-order valence-corrected chi connectivity index (χ4v) is 3.41. The van der Waals surface area contributed by atoms with Gasteiger partial charge < -0.3 is 9.30 Å². The molecule has 2 aromatic rings. The van der Waals surface area contributed by atoms with Crippen LogP contribution in [0.4, 0.5) is 10.1 Å². The summed E-state index contributed by atoms with van der Waals surface area (Å²) in [5.74, 6) is -0.447. The number of nitrogens with zero attached hydrogens (tertiary/aromatic N) is 2. The molecule has 2 heterocycles. The summed E-state index contributed by atoms with van der Waals surface area (Å²) in [4.78, 5) is 5.38. The largest absolute Gasteiger partial charge is 0.376 e. The van der Waals surface area contributed by atoms with Crippen LogP contribution in [-0.2, 0) is 11.3 Å². The molecule has 0 amide bonds. The molecule has 0 aliphatic carbocycles. The van der Waals surface area contributed by atoms with E-state index in [-0.39, 0.29) is 11.1 Å². The Hall–Kier alpha value is -1.17. The highest BCUT2D eigenvalue weighted by Crippen LogP contribution is 2.21. The second kappa shape index (κ2) is 6.30. The van der Waals surface area contributed by atoms with Crippen molar-refractivity contribution in [3.8, 4) is 0 Å². The standard InChI is InChI=1S/C15H16ClFN2OS/c1-10-9-21-15(19(10)8-12-3-2-6-20-12)18-11-4-5-13(16)14(17)7-11/h4-5,7,9,12H,2-3,6,8H2,1H3. The smallest absolute Gasteiger partial charge is 0.190 e. The third-order valence-electron chi connectivity index (χ3n) is 3.53. The summed E-state index contributed by atoms with van der Waals surface area (Å²) in [5, 5.41) is 2.17. The molecule has 1 aliphatic rings. The van der Waals surface area contributed by atoms with Crippen molar-refractivity contribution in [2.24, 2.45) is 4.99 Å². The SMILES string of the molecule is Cc1csc(=Nc2ccc(Cl)c(F)c2)n1CC1CCCO1. The van der Waals surface area contributed by atoms with Gasteiger partial charge in [-0.25, -0.2) is 9.38 Å². The number of rotatable bonds is 3. The molecule has 3 nitrogen and oxygen atoms in total. The summed E-state index contributed by atoms with van der Waals surface area (Å²) < 4.78 is 21.3. The number of aryl methyl sites for hydroxylation is 1. The molecule has 3 rings (SSSR count). The first-order valence-corrected chi connectivity index (χ1v) is 8.15. The summed E-state index contributed by atoms with van der Waals surface area (Å²) in [5.41, 5.74) is 1.71. The van der Waals surface area contributed by atoms with Crippen LogP contribution in [0.3, 0.4) is 0 Å². The normalized spacial score (nSPS) is 19.4. The molecule has 0 saturated carbocycles. The molecule has 0 bridgehead atoms. The molecule has 1 aliphatic heterocycles. The van der Waals surface area contributed by atoms with E-state index < -0.39 is 5.82 Å². The summed E-state index contributed by atoms with van der Waals surface area (Å²) in [6.07, 6.45) is 2.44. The van der Waals surface area contributed by atoms with Gasteiger partial charge in [-0.3, -0.25) is 0 Å². The quantitative estimate of drug-likeness (QED) is 0.835. The van der Waals surface area contributed by atoms with E-state index in [1.807, 2.05) is 6.92 Å². The zero-order valence-electron chi connectivity index (χ0n) is 11.7. The van der Waals surface area contributed by atoms with Gasteiger partial charge in [-0.05, 0) is 31.9 Å². The van der Waals surface area contributed by atoms with Gasteiger partial charge in [0.2, 0.25) is 0 Å². The molecule has 1 saturated heterocycles. The number of benzene rings is 1. The molecule has 0 radical (unpaired) electrons. The molecule has 1 fully saturated rings. The zero-order valence-corrected chi connectivity index (χ0v) is 13.3. The second-order valence-corrected chi connectivity index (χ2v) is 6.36. The van der Waals surface area contributed by atoms with E-state index >= 15 is 0 Å². The number of thiazole rings is 1. The van der Waals surface area contributed by atoms with Crippen LogP contribution in [0.5, 0.6) is 0 Å². The molecule has 0 N–H and O–H groups in total. The molecular weight excluding hydrogens is 311 g/mol. The first kappa shape index (κ1) is 14.8. The maximum Gasteiger partial charge on any atom is 0.190 e. The minimum Gasteiger partial charge on any atom is -0.376 e.